The van der Waals surface area contributed by atoms with E-state index in [0.717, 1.165) is 6.07 Å². The predicted molar refractivity (Wildman–Crippen MR) is 53.7 cm³/mol. The Hall–Kier alpha value is -1.85. The van der Waals surface area contributed by atoms with Crippen molar-refractivity contribution in [3.05, 3.63) is 41.5 Å². The standard InChI is InChI=1S/C11H8F4N2/c1-6-5-16-10(17-6)7-3-2-4-8(9(7)12)11(13,14)15/h2-5H,1H3,(H,16,17). The summed E-state index contributed by atoms with van der Waals surface area (Å²) in [6.45, 7) is 1.68. The Bertz CT molecular complexity index is 543. The summed E-state index contributed by atoms with van der Waals surface area (Å²) in [6.07, 6.45) is -3.28. The molecular formula is C11H8F4N2. The molecule has 0 unspecified atom stereocenters. The van der Waals surface area contributed by atoms with E-state index in [0.29, 0.717) is 11.8 Å². The van der Waals surface area contributed by atoms with Crippen LogP contribution in [0, 0.1) is 12.7 Å². The predicted octanol–water partition coefficient (Wildman–Crippen LogP) is 3.54. The lowest BCUT2D eigenvalue weighted by molar-refractivity contribution is -0.139. The number of nitrogens with zero attached hydrogens (tertiary/aromatic N) is 1. The molecule has 0 aliphatic heterocycles. The van der Waals surface area contributed by atoms with Crippen LogP contribution in [0.5, 0.6) is 0 Å². The number of alkyl halides is 3. The van der Waals surface area contributed by atoms with Crippen LogP contribution in [0.25, 0.3) is 11.4 Å². The zero-order chi connectivity index (χ0) is 12.6. The van der Waals surface area contributed by atoms with Gasteiger partial charge in [0, 0.05) is 11.9 Å². The van der Waals surface area contributed by atoms with Crippen LogP contribution in [-0.2, 0) is 6.18 Å². The largest absolute Gasteiger partial charge is 0.419 e. The summed E-state index contributed by atoms with van der Waals surface area (Å²) in [4.78, 5) is 6.50. The van der Waals surface area contributed by atoms with Crippen LogP contribution in [0.4, 0.5) is 17.6 Å². The van der Waals surface area contributed by atoms with Gasteiger partial charge in [-0.3, -0.25) is 0 Å². The van der Waals surface area contributed by atoms with Crippen LogP contribution >= 0.6 is 0 Å². The normalized spacial score (nSPS) is 11.8. The number of aromatic amines is 1. The molecule has 1 N–H and O–H groups in total. The lowest BCUT2D eigenvalue weighted by Gasteiger charge is -2.09. The van der Waals surface area contributed by atoms with Crippen molar-refractivity contribution < 1.29 is 17.6 Å². The summed E-state index contributed by atoms with van der Waals surface area (Å²) in [5.74, 6) is -1.22. The maximum absolute atomic E-state index is 13.7. The monoisotopic (exact) mass is 244 g/mol. The fourth-order valence-electron chi connectivity index (χ4n) is 1.48. The minimum Gasteiger partial charge on any atom is -0.342 e. The van der Waals surface area contributed by atoms with Crippen LogP contribution in [0.15, 0.2) is 24.4 Å². The number of aryl methyl sites for hydroxylation is 1. The molecule has 2 rings (SSSR count). The van der Waals surface area contributed by atoms with E-state index in [4.69, 9.17) is 0 Å². The summed E-state index contributed by atoms with van der Waals surface area (Å²) in [6, 6.07) is 3.11. The minimum atomic E-state index is -4.71. The third kappa shape index (κ3) is 2.15. The van der Waals surface area contributed by atoms with Gasteiger partial charge in [0.05, 0.1) is 11.1 Å². The molecule has 0 aliphatic rings. The molecule has 1 heterocycles. The Balaban J connectivity index is 2.57. The van der Waals surface area contributed by atoms with Crippen LogP contribution in [0.3, 0.4) is 0 Å². The van der Waals surface area contributed by atoms with Gasteiger partial charge in [0.15, 0.2) is 0 Å². The van der Waals surface area contributed by atoms with E-state index in [1.807, 2.05) is 0 Å². The fourth-order valence-corrected chi connectivity index (χ4v) is 1.48. The lowest BCUT2D eigenvalue weighted by atomic mass is 10.1. The number of rotatable bonds is 1. The number of imidazole rings is 1. The lowest BCUT2D eigenvalue weighted by Crippen LogP contribution is -2.08. The van der Waals surface area contributed by atoms with Crippen LogP contribution in [0.1, 0.15) is 11.3 Å². The van der Waals surface area contributed by atoms with E-state index < -0.39 is 17.6 Å². The molecule has 0 atom stereocenters. The smallest absolute Gasteiger partial charge is 0.342 e. The molecule has 2 aromatic rings. The van der Waals surface area contributed by atoms with Crippen molar-refractivity contribution in [2.24, 2.45) is 0 Å². The Morgan fingerprint density at radius 3 is 2.47 bits per heavy atom. The first-order valence-corrected chi connectivity index (χ1v) is 4.77. The Morgan fingerprint density at radius 2 is 1.94 bits per heavy atom. The third-order valence-corrected chi connectivity index (χ3v) is 2.26. The quantitative estimate of drug-likeness (QED) is 0.763. The number of hydrogen-bond acceptors (Lipinski definition) is 1. The molecule has 0 saturated heterocycles. The molecule has 1 aromatic carbocycles. The molecular weight excluding hydrogens is 236 g/mol. The third-order valence-electron chi connectivity index (χ3n) is 2.26. The van der Waals surface area contributed by atoms with Crippen molar-refractivity contribution in [1.29, 1.82) is 0 Å². The average molecular weight is 244 g/mol. The first kappa shape index (κ1) is 11.6. The number of benzene rings is 1. The molecule has 1 aromatic heterocycles. The Kier molecular flexibility index (Phi) is 2.65. The van der Waals surface area contributed by atoms with Crippen LogP contribution in [-0.4, -0.2) is 9.97 Å². The van der Waals surface area contributed by atoms with E-state index in [1.165, 1.54) is 12.3 Å². The summed E-state index contributed by atoms with van der Waals surface area (Å²) >= 11 is 0. The van der Waals surface area contributed by atoms with Gasteiger partial charge in [-0.05, 0) is 19.1 Å². The van der Waals surface area contributed by atoms with Gasteiger partial charge in [-0.25, -0.2) is 9.37 Å². The number of nitrogens with one attached hydrogen (secondary N) is 1. The molecule has 0 spiro atoms. The summed E-state index contributed by atoms with van der Waals surface area (Å²) in [7, 11) is 0. The minimum absolute atomic E-state index is 0.0890. The van der Waals surface area contributed by atoms with E-state index in [9.17, 15) is 17.6 Å². The van der Waals surface area contributed by atoms with Crippen molar-refractivity contribution in [2.75, 3.05) is 0 Å². The maximum Gasteiger partial charge on any atom is 0.419 e. The molecule has 0 saturated carbocycles. The van der Waals surface area contributed by atoms with E-state index >= 15 is 0 Å². The van der Waals surface area contributed by atoms with Gasteiger partial charge in [0.1, 0.15) is 11.6 Å². The zero-order valence-electron chi connectivity index (χ0n) is 8.77. The van der Waals surface area contributed by atoms with Crippen LogP contribution < -0.4 is 0 Å². The number of hydrogen-bond donors (Lipinski definition) is 1. The topological polar surface area (TPSA) is 28.7 Å². The summed E-state index contributed by atoms with van der Waals surface area (Å²) in [5.41, 5.74) is -0.825. The van der Waals surface area contributed by atoms with Gasteiger partial charge in [-0.1, -0.05) is 6.07 Å². The van der Waals surface area contributed by atoms with Gasteiger partial charge >= 0.3 is 6.18 Å². The zero-order valence-corrected chi connectivity index (χ0v) is 8.77. The molecule has 2 nitrogen and oxygen atoms in total. The van der Waals surface area contributed by atoms with Crippen molar-refractivity contribution in [3.63, 3.8) is 0 Å². The highest BCUT2D eigenvalue weighted by molar-refractivity contribution is 5.58. The van der Waals surface area contributed by atoms with Gasteiger partial charge in [-0.2, -0.15) is 13.2 Å². The maximum atomic E-state index is 13.7. The number of H-pyrrole nitrogens is 1. The summed E-state index contributed by atoms with van der Waals surface area (Å²) < 4.78 is 51.1. The van der Waals surface area contributed by atoms with Crippen molar-refractivity contribution in [1.82, 2.24) is 9.97 Å². The number of aromatic nitrogens is 2. The van der Waals surface area contributed by atoms with E-state index in [-0.39, 0.29) is 11.4 Å². The Labute approximate surface area is 94.3 Å². The van der Waals surface area contributed by atoms with E-state index in [2.05, 4.69) is 9.97 Å². The number of halogens is 4. The van der Waals surface area contributed by atoms with Crippen LogP contribution in [0.2, 0.25) is 0 Å². The molecule has 0 fully saturated rings. The molecule has 90 valence electrons. The van der Waals surface area contributed by atoms with Gasteiger partial charge < -0.3 is 4.98 Å². The molecule has 0 radical (unpaired) electrons. The highest BCUT2D eigenvalue weighted by Gasteiger charge is 2.35. The van der Waals surface area contributed by atoms with Crippen molar-refractivity contribution in [3.8, 4) is 11.4 Å². The van der Waals surface area contributed by atoms with Gasteiger partial charge in [0.2, 0.25) is 0 Å². The fraction of sp³-hybridized carbons (Fsp3) is 0.182. The second-order valence-electron chi connectivity index (χ2n) is 3.58. The first-order chi connectivity index (χ1) is 7.89. The summed E-state index contributed by atoms with van der Waals surface area (Å²) in [5, 5.41) is 0. The molecule has 0 bridgehead atoms. The second kappa shape index (κ2) is 3.87. The molecule has 6 heteroatoms. The Morgan fingerprint density at radius 1 is 1.24 bits per heavy atom. The van der Waals surface area contributed by atoms with Crippen molar-refractivity contribution >= 4 is 0 Å². The average Bonchev–Trinajstić information content (AvgIpc) is 2.63. The molecule has 17 heavy (non-hydrogen) atoms. The van der Waals surface area contributed by atoms with E-state index in [1.54, 1.807) is 6.92 Å². The highest BCUT2D eigenvalue weighted by Crippen LogP contribution is 2.34. The SMILES string of the molecule is Cc1cnc(-c2cccc(C(F)(F)F)c2F)[nH]1. The molecule has 0 aliphatic carbocycles. The van der Waals surface area contributed by atoms with Crippen molar-refractivity contribution in [2.45, 2.75) is 13.1 Å². The first-order valence-electron chi connectivity index (χ1n) is 4.77. The second-order valence-corrected chi connectivity index (χ2v) is 3.58. The van der Waals surface area contributed by atoms with Gasteiger partial charge in [-0.15, -0.1) is 0 Å². The molecule has 0 amide bonds. The highest BCUT2D eigenvalue weighted by atomic mass is 19.4. The van der Waals surface area contributed by atoms with Gasteiger partial charge in [0.25, 0.3) is 0 Å².